The highest BCUT2D eigenvalue weighted by Crippen LogP contribution is 2.35. The average molecular weight is 248 g/mol. The molecule has 0 heterocycles. The van der Waals surface area contributed by atoms with Gasteiger partial charge in [-0.25, -0.2) is 0 Å². The van der Waals surface area contributed by atoms with Gasteiger partial charge in [0, 0.05) is 23.6 Å². The third kappa shape index (κ3) is 2.93. The summed E-state index contributed by atoms with van der Waals surface area (Å²) in [6.07, 6.45) is 1.27. The zero-order chi connectivity index (χ0) is 13.5. The van der Waals surface area contributed by atoms with Gasteiger partial charge in [-0.05, 0) is 26.5 Å². The van der Waals surface area contributed by atoms with E-state index in [2.05, 4.69) is 11.4 Å². The molecule has 1 aromatic rings. The zero-order valence-electron chi connectivity index (χ0n) is 11.4. The van der Waals surface area contributed by atoms with Crippen molar-refractivity contribution in [1.29, 1.82) is 5.26 Å². The molecule has 0 amide bonds. The number of ether oxygens (including phenoxy) is 2. The number of methoxy groups -OCH3 is 2. The summed E-state index contributed by atoms with van der Waals surface area (Å²) in [5.41, 5.74) is 2.04. The number of hydrogen-bond donors (Lipinski definition) is 1. The normalized spacial score (nSPS) is 11.7. The van der Waals surface area contributed by atoms with Crippen molar-refractivity contribution in [1.82, 2.24) is 5.32 Å². The van der Waals surface area contributed by atoms with Gasteiger partial charge in [-0.15, -0.1) is 0 Å². The lowest BCUT2D eigenvalue weighted by atomic mass is 9.98. The molecule has 1 N–H and O–H groups in total. The first-order chi connectivity index (χ1) is 8.69. The first kappa shape index (κ1) is 14.3. The Morgan fingerprint density at radius 2 is 2.06 bits per heavy atom. The van der Waals surface area contributed by atoms with Crippen LogP contribution in [0.1, 0.15) is 30.0 Å². The van der Waals surface area contributed by atoms with Gasteiger partial charge < -0.3 is 14.8 Å². The second kappa shape index (κ2) is 6.87. The van der Waals surface area contributed by atoms with E-state index in [0.717, 1.165) is 29.0 Å². The molecule has 18 heavy (non-hydrogen) atoms. The molecule has 0 bridgehead atoms. The summed E-state index contributed by atoms with van der Waals surface area (Å²) < 4.78 is 10.8. The Balaban J connectivity index is 3.14. The molecule has 4 nitrogen and oxygen atoms in total. The van der Waals surface area contributed by atoms with Crippen molar-refractivity contribution in [2.45, 2.75) is 25.8 Å². The summed E-state index contributed by atoms with van der Waals surface area (Å²) in [5, 5.41) is 11.9. The molecular weight excluding hydrogens is 228 g/mol. The number of benzene rings is 1. The minimum Gasteiger partial charge on any atom is -0.496 e. The maximum absolute atomic E-state index is 8.69. The van der Waals surface area contributed by atoms with Crippen LogP contribution in [0.4, 0.5) is 0 Å². The monoisotopic (exact) mass is 248 g/mol. The van der Waals surface area contributed by atoms with Crippen molar-refractivity contribution < 1.29 is 9.47 Å². The summed E-state index contributed by atoms with van der Waals surface area (Å²) in [6.45, 7) is 1.97. The van der Waals surface area contributed by atoms with Crippen LogP contribution < -0.4 is 14.8 Å². The maximum Gasteiger partial charge on any atom is 0.130 e. The molecule has 0 saturated heterocycles. The van der Waals surface area contributed by atoms with Gasteiger partial charge in [0.2, 0.25) is 0 Å². The summed E-state index contributed by atoms with van der Waals surface area (Å²) in [4.78, 5) is 0. The quantitative estimate of drug-likeness (QED) is 0.840. The van der Waals surface area contributed by atoms with Gasteiger partial charge in [0.25, 0.3) is 0 Å². The topological polar surface area (TPSA) is 54.3 Å². The van der Waals surface area contributed by atoms with E-state index in [0.29, 0.717) is 6.42 Å². The highest BCUT2D eigenvalue weighted by Gasteiger charge is 2.18. The highest BCUT2D eigenvalue weighted by molar-refractivity contribution is 5.50. The zero-order valence-corrected chi connectivity index (χ0v) is 11.4. The van der Waals surface area contributed by atoms with E-state index in [1.54, 1.807) is 14.2 Å². The molecular formula is C14H20N2O2. The van der Waals surface area contributed by atoms with E-state index in [9.17, 15) is 0 Å². The van der Waals surface area contributed by atoms with Crippen molar-refractivity contribution in [3.8, 4) is 17.6 Å². The lowest BCUT2D eigenvalue weighted by Crippen LogP contribution is -2.17. The van der Waals surface area contributed by atoms with Crippen molar-refractivity contribution in [2.75, 3.05) is 21.3 Å². The smallest absolute Gasteiger partial charge is 0.130 e. The SMILES string of the molecule is CNC(CCC#N)c1ccc(OC)c(C)c1OC. The Bertz CT molecular complexity index is 438. The fourth-order valence-electron chi connectivity index (χ4n) is 2.13. The molecule has 1 rings (SSSR count). The molecule has 0 spiro atoms. The molecule has 0 saturated carbocycles. The summed E-state index contributed by atoms with van der Waals surface area (Å²) in [7, 11) is 5.19. The summed E-state index contributed by atoms with van der Waals surface area (Å²) in [6, 6.07) is 6.21. The van der Waals surface area contributed by atoms with Gasteiger partial charge in [-0.3, -0.25) is 0 Å². The number of hydrogen-bond acceptors (Lipinski definition) is 4. The second-order valence-corrected chi connectivity index (χ2v) is 4.05. The van der Waals surface area contributed by atoms with Gasteiger partial charge in [0.05, 0.1) is 20.3 Å². The van der Waals surface area contributed by atoms with Crippen LogP contribution in [-0.4, -0.2) is 21.3 Å². The second-order valence-electron chi connectivity index (χ2n) is 4.05. The predicted octanol–water partition coefficient (Wildman–Crippen LogP) is 2.58. The maximum atomic E-state index is 8.69. The van der Waals surface area contributed by atoms with Gasteiger partial charge in [0.15, 0.2) is 0 Å². The standard InChI is InChI=1S/C14H20N2O2/c1-10-13(17-3)8-7-11(14(10)18-4)12(16-2)6-5-9-15/h7-8,12,16H,5-6H2,1-4H3. The average Bonchev–Trinajstić information content (AvgIpc) is 2.40. The lowest BCUT2D eigenvalue weighted by molar-refractivity contribution is 0.379. The van der Waals surface area contributed by atoms with Crippen molar-refractivity contribution in [3.63, 3.8) is 0 Å². The molecule has 98 valence electrons. The van der Waals surface area contributed by atoms with Crippen LogP contribution in [0, 0.1) is 18.3 Å². The largest absolute Gasteiger partial charge is 0.496 e. The van der Waals surface area contributed by atoms with Crippen molar-refractivity contribution >= 4 is 0 Å². The van der Waals surface area contributed by atoms with Crippen LogP contribution in [0.15, 0.2) is 12.1 Å². The van der Waals surface area contributed by atoms with E-state index >= 15 is 0 Å². The van der Waals surface area contributed by atoms with Crippen molar-refractivity contribution in [3.05, 3.63) is 23.3 Å². The van der Waals surface area contributed by atoms with Crippen molar-refractivity contribution in [2.24, 2.45) is 0 Å². The van der Waals surface area contributed by atoms with Gasteiger partial charge in [-0.1, -0.05) is 6.07 Å². The number of nitrogens with one attached hydrogen (secondary N) is 1. The molecule has 0 fully saturated rings. The molecule has 1 atom stereocenters. The molecule has 0 aromatic heterocycles. The minimum absolute atomic E-state index is 0.115. The number of nitrogens with zero attached hydrogens (tertiary/aromatic N) is 1. The van der Waals surface area contributed by atoms with Crippen LogP contribution in [0.25, 0.3) is 0 Å². The molecule has 4 heteroatoms. The van der Waals surface area contributed by atoms with E-state index in [1.807, 2.05) is 26.1 Å². The first-order valence-corrected chi connectivity index (χ1v) is 5.95. The molecule has 1 unspecified atom stereocenters. The predicted molar refractivity (Wildman–Crippen MR) is 70.9 cm³/mol. The van der Waals surface area contributed by atoms with Gasteiger partial charge in [-0.2, -0.15) is 5.26 Å². The number of nitriles is 1. The van der Waals surface area contributed by atoms with E-state index in [4.69, 9.17) is 14.7 Å². The Kier molecular flexibility index (Phi) is 5.47. The summed E-state index contributed by atoms with van der Waals surface area (Å²) in [5.74, 6) is 1.64. The van der Waals surface area contributed by atoms with Crippen LogP contribution >= 0.6 is 0 Å². The molecule has 0 radical (unpaired) electrons. The molecule has 0 aliphatic heterocycles. The third-order valence-electron chi connectivity index (χ3n) is 3.08. The Hall–Kier alpha value is -1.73. The van der Waals surface area contributed by atoms with E-state index in [-0.39, 0.29) is 6.04 Å². The van der Waals surface area contributed by atoms with Crippen LogP contribution in [0.2, 0.25) is 0 Å². The third-order valence-corrected chi connectivity index (χ3v) is 3.08. The Morgan fingerprint density at radius 1 is 1.33 bits per heavy atom. The Labute approximate surface area is 109 Å². The van der Waals surface area contributed by atoms with E-state index in [1.165, 1.54) is 0 Å². The molecule has 1 aromatic carbocycles. The lowest BCUT2D eigenvalue weighted by Gasteiger charge is -2.21. The first-order valence-electron chi connectivity index (χ1n) is 5.95. The fourth-order valence-corrected chi connectivity index (χ4v) is 2.13. The summed E-state index contributed by atoms with van der Waals surface area (Å²) >= 11 is 0. The van der Waals surface area contributed by atoms with E-state index < -0.39 is 0 Å². The molecule has 0 aliphatic rings. The minimum atomic E-state index is 0.115. The fraction of sp³-hybridized carbons (Fsp3) is 0.500. The van der Waals surface area contributed by atoms with Gasteiger partial charge in [0.1, 0.15) is 11.5 Å². The van der Waals surface area contributed by atoms with Crippen LogP contribution in [-0.2, 0) is 0 Å². The Morgan fingerprint density at radius 3 is 2.56 bits per heavy atom. The number of rotatable bonds is 6. The highest BCUT2D eigenvalue weighted by atomic mass is 16.5. The molecule has 0 aliphatic carbocycles. The van der Waals surface area contributed by atoms with Gasteiger partial charge >= 0.3 is 0 Å². The van der Waals surface area contributed by atoms with Crippen LogP contribution in [0.5, 0.6) is 11.5 Å². The van der Waals surface area contributed by atoms with Crippen LogP contribution in [0.3, 0.4) is 0 Å².